The number of amides is 1. The van der Waals surface area contributed by atoms with Gasteiger partial charge in [-0.1, -0.05) is 31.0 Å². The normalized spacial score (nSPS) is 16.9. The number of aromatic nitrogens is 3. The van der Waals surface area contributed by atoms with E-state index in [1.54, 1.807) is 6.26 Å². The standard InChI is InChI=1S/C17H24N4O2S/c1-12(15-9-6-10-23-15)18-16(22)11-24-17-20-19-13(2)21(17)14-7-4-3-5-8-14/h6,9-10,12,14H,3-5,7-8,11H2,1-2H3,(H,18,22)/t12-/m1/s1. The van der Waals surface area contributed by atoms with Crippen LogP contribution in [0.25, 0.3) is 0 Å². The number of nitrogens with one attached hydrogen (secondary N) is 1. The Morgan fingerprint density at radius 2 is 2.21 bits per heavy atom. The van der Waals surface area contributed by atoms with Crippen molar-refractivity contribution in [1.82, 2.24) is 20.1 Å². The van der Waals surface area contributed by atoms with E-state index in [0.717, 1.165) is 16.7 Å². The molecule has 1 N–H and O–H groups in total. The van der Waals surface area contributed by atoms with Crippen LogP contribution in [0.4, 0.5) is 0 Å². The van der Waals surface area contributed by atoms with Gasteiger partial charge in [0, 0.05) is 6.04 Å². The number of rotatable bonds is 6. The zero-order valence-corrected chi connectivity index (χ0v) is 15.0. The molecule has 2 heterocycles. The summed E-state index contributed by atoms with van der Waals surface area (Å²) < 4.78 is 7.53. The monoisotopic (exact) mass is 348 g/mol. The van der Waals surface area contributed by atoms with Gasteiger partial charge in [-0.25, -0.2) is 0 Å². The molecule has 24 heavy (non-hydrogen) atoms. The van der Waals surface area contributed by atoms with Crippen molar-refractivity contribution in [3.8, 4) is 0 Å². The van der Waals surface area contributed by atoms with Crippen molar-refractivity contribution < 1.29 is 9.21 Å². The van der Waals surface area contributed by atoms with E-state index in [4.69, 9.17) is 4.42 Å². The Labute approximate surface area is 146 Å². The van der Waals surface area contributed by atoms with Gasteiger partial charge in [0.1, 0.15) is 11.6 Å². The second-order valence-corrected chi connectivity index (χ2v) is 7.23. The third-order valence-electron chi connectivity index (χ3n) is 4.45. The summed E-state index contributed by atoms with van der Waals surface area (Å²) in [7, 11) is 0. The van der Waals surface area contributed by atoms with Crippen LogP contribution in [0.5, 0.6) is 0 Å². The van der Waals surface area contributed by atoms with Gasteiger partial charge in [0.2, 0.25) is 5.91 Å². The van der Waals surface area contributed by atoms with Gasteiger partial charge < -0.3 is 14.3 Å². The molecule has 1 atom stereocenters. The largest absolute Gasteiger partial charge is 0.467 e. The molecule has 0 spiro atoms. The maximum Gasteiger partial charge on any atom is 0.231 e. The summed E-state index contributed by atoms with van der Waals surface area (Å²) in [5.41, 5.74) is 0. The van der Waals surface area contributed by atoms with E-state index in [9.17, 15) is 4.79 Å². The molecule has 0 bridgehead atoms. The molecule has 7 heteroatoms. The van der Waals surface area contributed by atoms with Crippen LogP contribution >= 0.6 is 11.8 Å². The highest BCUT2D eigenvalue weighted by molar-refractivity contribution is 7.99. The molecule has 1 saturated carbocycles. The molecular weight excluding hydrogens is 324 g/mol. The molecule has 6 nitrogen and oxygen atoms in total. The smallest absolute Gasteiger partial charge is 0.231 e. The number of carbonyl (C=O) groups is 1. The van der Waals surface area contributed by atoms with Crippen LogP contribution in [0.1, 0.15) is 62.7 Å². The first-order valence-electron chi connectivity index (χ1n) is 8.52. The molecule has 1 fully saturated rings. The molecule has 1 amide bonds. The predicted octanol–water partition coefficient (Wildman–Crippen LogP) is 3.65. The maximum absolute atomic E-state index is 12.2. The highest BCUT2D eigenvalue weighted by atomic mass is 32.2. The summed E-state index contributed by atoms with van der Waals surface area (Å²) in [6, 6.07) is 4.02. The third-order valence-corrected chi connectivity index (χ3v) is 5.40. The first-order chi connectivity index (χ1) is 11.6. The minimum absolute atomic E-state index is 0.0280. The average molecular weight is 348 g/mol. The average Bonchev–Trinajstić information content (AvgIpc) is 3.23. The van der Waals surface area contributed by atoms with E-state index < -0.39 is 0 Å². The second kappa shape index (κ2) is 7.88. The quantitative estimate of drug-likeness (QED) is 0.807. The van der Waals surface area contributed by atoms with E-state index in [1.165, 1.54) is 43.9 Å². The molecule has 2 aromatic rings. The van der Waals surface area contributed by atoms with Crippen molar-refractivity contribution in [3.63, 3.8) is 0 Å². The van der Waals surface area contributed by atoms with Crippen molar-refractivity contribution in [2.75, 3.05) is 5.75 Å². The van der Waals surface area contributed by atoms with Gasteiger partial charge in [0.25, 0.3) is 0 Å². The van der Waals surface area contributed by atoms with Crippen LogP contribution in [0.15, 0.2) is 28.0 Å². The van der Waals surface area contributed by atoms with Gasteiger partial charge in [-0.3, -0.25) is 4.79 Å². The fourth-order valence-electron chi connectivity index (χ4n) is 3.23. The number of furan rings is 1. The molecule has 1 aliphatic rings. The number of aryl methyl sites for hydroxylation is 1. The van der Waals surface area contributed by atoms with Gasteiger partial charge in [0.05, 0.1) is 18.1 Å². The van der Waals surface area contributed by atoms with Crippen LogP contribution in [0.3, 0.4) is 0 Å². The number of carbonyl (C=O) groups excluding carboxylic acids is 1. The highest BCUT2D eigenvalue weighted by Gasteiger charge is 2.22. The number of hydrogen-bond acceptors (Lipinski definition) is 5. The molecule has 0 radical (unpaired) electrons. The summed E-state index contributed by atoms with van der Waals surface area (Å²) in [4.78, 5) is 12.2. The topological polar surface area (TPSA) is 73.0 Å². The Hall–Kier alpha value is -1.76. The van der Waals surface area contributed by atoms with E-state index in [1.807, 2.05) is 26.0 Å². The Morgan fingerprint density at radius 1 is 1.42 bits per heavy atom. The van der Waals surface area contributed by atoms with Crippen molar-refractivity contribution >= 4 is 17.7 Å². The van der Waals surface area contributed by atoms with E-state index in [0.29, 0.717) is 11.8 Å². The van der Waals surface area contributed by atoms with Crippen LogP contribution in [0, 0.1) is 6.92 Å². The van der Waals surface area contributed by atoms with Crippen LogP contribution < -0.4 is 5.32 Å². The third kappa shape index (κ3) is 4.01. The number of nitrogens with zero attached hydrogens (tertiary/aromatic N) is 3. The molecule has 0 aromatic carbocycles. The van der Waals surface area contributed by atoms with Crippen LogP contribution in [0.2, 0.25) is 0 Å². The van der Waals surface area contributed by atoms with Gasteiger partial charge >= 0.3 is 0 Å². The molecule has 1 aliphatic carbocycles. The number of thioether (sulfide) groups is 1. The molecule has 3 rings (SSSR count). The van der Waals surface area contributed by atoms with E-state index >= 15 is 0 Å². The SMILES string of the molecule is Cc1nnc(SCC(=O)N[C@H](C)c2ccco2)n1C1CCCCC1. The molecular formula is C17H24N4O2S. The zero-order chi connectivity index (χ0) is 16.9. The number of hydrogen-bond donors (Lipinski definition) is 1. The lowest BCUT2D eigenvalue weighted by Gasteiger charge is -2.25. The molecule has 2 aromatic heterocycles. The second-order valence-electron chi connectivity index (χ2n) is 6.28. The summed E-state index contributed by atoms with van der Waals surface area (Å²) in [5.74, 6) is 2.00. The molecule has 0 aliphatic heterocycles. The summed E-state index contributed by atoms with van der Waals surface area (Å²) in [5, 5.41) is 12.3. The fourth-order valence-corrected chi connectivity index (χ4v) is 4.09. The minimum Gasteiger partial charge on any atom is -0.467 e. The van der Waals surface area contributed by atoms with Crippen LogP contribution in [-0.2, 0) is 4.79 Å². The molecule has 130 valence electrons. The Morgan fingerprint density at radius 3 is 2.92 bits per heavy atom. The molecule has 0 unspecified atom stereocenters. The first-order valence-corrected chi connectivity index (χ1v) is 9.51. The van der Waals surface area contributed by atoms with Gasteiger partial charge in [0.15, 0.2) is 5.16 Å². The highest BCUT2D eigenvalue weighted by Crippen LogP contribution is 2.32. The van der Waals surface area contributed by atoms with Gasteiger partial charge in [-0.2, -0.15) is 0 Å². The summed E-state index contributed by atoms with van der Waals surface area (Å²) in [6.45, 7) is 3.90. The van der Waals surface area contributed by atoms with E-state index in [-0.39, 0.29) is 11.9 Å². The summed E-state index contributed by atoms with van der Waals surface area (Å²) >= 11 is 1.46. The van der Waals surface area contributed by atoms with Gasteiger partial charge in [-0.15, -0.1) is 10.2 Å². The van der Waals surface area contributed by atoms with Crippen molar-refractivity contribution in [2.45, 2.75) is 63.2 Å². The predicted molar refractivity (Wildman–Crippen MR) is 92.9 cm³/mol. The zero-order valence-electron chi connectivity index (χ0n) is 14.2. The molecule has 0 saturated heterocycles. The maximum atomic E-state index is 12.2. The minimum atomic E-state index is -0.133. The lowest BCUT2D eigenvalue weighted by molar-refractivity contribution is -0.119. The first kappa shape index (κ1) is 17.1. The van der Waals surface area contributed by atoms with Crippen molar-refractivity contribution in [2.24, 2.45) is 0 Å². The van der Waals surface area contributed by atoms with Crippen molar-refractivity contribution in [3.05, 3.63) is 30.0 Å². The Kier molecular flexibility index (Phi) is 5.60. The Bertz CT molecular complexity index is 662. The van der Waals surface area contributed by atoms with Gasteiger partial charge in [-0.05, 0) is 38.8 Å². The lowest BCUT2D eigenvalue weighted by Crippen LogP contribution is -2.28. The fraction of sp³-hybridized carbons (Fsp3) is 0.588. The lowest BCUT2D eigenvalue weighted by atomic mass is 9.95. The van der Waals surface area contributed by atoms with E-state index in [2.05, 4.69) is 20.1 Å². The Balaban J connectivity index is 1.57. The summed E-state index contributed by atoms with van der Waals surface area (Å²) in [6.07, 6.45) is 7.79. The van der Waals surface area contributed by atoms with Crippen molar-refractivity contribution in [1.29, 1.82) is 0 Å². The van der Waals surface area contributed by atoms with Crippen LogP contribution in [-0.4, -0.2) is 26.4 Å².